The summed E-state index contributed by atoms with van der Waals surface area (Å²) in [5.74, 6) is -0.341. The van der Waals surface area contributed by atoms with Crippen LogP contribution in [0.1, 0.15) is 31.4 Å². The summed E-state index contributed by atoms with van der Waals surface area (Å²) in [5, 5.41) is 9.48. The van der Waals surface area contributed by atoms with Crippen LogP contribution >= 0.6 is 11.6 Å². The lowest BCUT2D eigenvalue weighted by Gasteiger charge is -2.29. The molecule has 0 unspecified atom stereocenters. The quantitative estimate of drug-likeness (QED) is 0.827. The lowest BCUT2D eigenvalue weighted by atomic mass is 10.1. The van der Waals surface area contributed by atoms with Gasteiger partial charge in [-0.05, 0) is 37.5 Å². The molecular formula is C15H20ClN3O2S. The average molecular weight is 342 g/mol. The second kappa shape index (κ2) is 6.97. The van der Waals surface area contributed by atoms with E-state index in [1.165, 1.54) is 15.7 Å². The average Bonchev–Trinajstić information content (AvgIpc) is 2.97. The molecule has 0 radical (unpaired) electrons. The molecule has 0 saturated carbocycles. The smallest absolute Gasteiger partial charge is 0.198 e. The Bertz CT molecular complexity index is 672. The van der Waals surface area contributed by atoms with Crippen LogP contribution in [0, 0.1) is 17.2 Å². The minimum absolute atomic E-state index is 0.191. The fourth-order valence-electron chi connectivity index (χ4n) is 2.76. The SMILES string of the molecule is C[C@@H](C#N)CN(C)S(=O)(=O)N1CCC[C@H]1c1cccc(Cl)c1. The molecule has 2 atom stereocenters. The number of nitriles is 1. The summed E-state index contributed by atoms with van der Waals surface area (Å²) < 4.78 is 28.3. The normalized spacial score (nSPS) is 21.0. The first-order chi connectivity index (χ1) is 10.4. The van der Waals surface area contributed by atoms with E-state index in [-0.39, 0.29) is 18.5 Å². The van der Waals surface area contributed by atoms with Crippen LogP contribution in [0.4, 0.5) is 0 Å². The highest BCUT2D eigenvalue weighted by molar-refractivity contribution is 7.86. The molecule has 120 valence electrons. The van der Waals surface area contributed by atoms with Gasteiger partial charge in [0.2, 0.25) is 0 Å². The fraction of sp³-hybridized carbons (Fsp3) is 0.533. The molecular weight excluding hydrogens is 322 g/mol. The van der Waals surface area contributed by atoms with Gasteiger partial charge in [0.15, 0.2) is 0 Å². The molecule has 0 aliphatic carbocycles. The Morgan fingerprint density at radius 3 is 2.91 bits per heavy atom. The van der Waals surface area contributed by atoms with Crippen LogP contribution < -0.4 is 0 Å². The molecule has 1 aliphatic heterocycles. The van der Waals surface area contributed by atoms with E-state index in [1.807, 2.05) is 18.2 Å². The lowest BCUT2D eigenvalue weighted by Crippen LogP contribution is -2.43. The summed E-state index contributed by atoms with van der Waals surface area (Å²) in [6.07, 6.45) is 1.60. The molecule has 0 spiro atoms. The van der Waals surface area contributed by atoms with E-state index in [0.29, 0.717) is 11.6 Å². The second-order valence-electron chi connectivity index (χ2n) is 5.64. The molecule has 0 bridgehead atoms. The molecule has 1 aliphatic rings. The summed E-state index contributed by atoms with van der Waals surface area (Å²) in [6.45, 7) is 2.40. The van der Waals surface area contributed by atoms with Gasteiger partial charge in [0, 0.05) is 25.2 Å². The molecule has 1 aromatic rings. The molecule has 0 N–H and O–H groups in total. The molecule has 7 heteroatoms. The maximum atomic E-state index is 12.8. The maximum Gasteiger partial charge on any atom is 0.282 e. The first-order valence-corrected chi connectivity index (χ1v) is 9.02. The van der Waals surface area contributed by atoms with Gasteiger partial charge in [0.05, 0.1) is 18.0 Å². The summed E-state index contributed by atoms with van der Waals surface area (Å²) in [4.78, 5) is 0. The van der Waals surface area contributed by atoms with Crippen LogP contribution in [0.5, 0.6) is 0 Å². The van der Waals surface area contributed by atoms with Crippen LogP contribution in [-0.4, -0.2) is 37.2 Å². The lowest BCUT2D eigenvalue weighted by molar-refractivity contribution is 0.339. The van der Waals surface area contributed by atoms with Gasteiger partial charge in [-0.2, -0.15) is 22.3 Å². The van der Waals surface area contributed by atoms with E-state index in [0.717, 1.165) is 18.4 Å². The predicted molar refractivity (Wildman–Crippen MR) is 86.5 cm³/mol. The Balaban J connectivity index is 2.24. The van der Waals surface area contributed by atoms with Crippen LogP contribution in [0.25, 0.3) is 0 Å². The molecule has 1 saturated heterocycles. The van der Waals surface area contributed by atoms with Crippen molar-refractivity contribution in [2.45, 2.75) is 25.8 Å². The van der Waals surface area contributed by atoms with Crippen LogP contribution in [-0.2, 0) is 10.2 Å². The van der Waals surface area contributed by atoms with Gasteiger partial charge in [-0.3, -0.25) is 0 Å². The Morgan fingerprint density at radius 2 is 2.27 bits per heavy atom. The molecule has 1 fully saturated rings. The molecule has 5 nitrogen and oxygen atoms in total. The molecule has 0 amide bonds. The topological polar surface area (TPSA) is 64.4 Å². The monoisotopic (exact) mass is 341 g/mol. The van der Waals surface area contributed by atoms with Crippen molar-refractivity contribution in [2.24, 2.45) is 5.92 Å². The third-order valence-electron chi connectivity index (χ3n) is 3.88. The van der Waals surface area contributed by atoms with Crippen molar-refractivity contribution in [3.8, 4) is 6.07 Å². The Hall–Kier alpha value is -1.13. The highest BCUT2D eigenvalue weighted by Crippen LogP contribution is 2.35. The van der Waals surface area contributed by atoms with Gasteiger partial charge in [0.25, 0.3) is 10.2 Å². The highest BCUT2D eigenvalue weighted by Gasteiger charge is 2.37. The number of benzene rings is 1. The van der Waals surface area contributed by atoms with Crippen molar-refractivity contribution in [2.75, 3.05) is 20.1 Å². The minimum atomic E-state index is -3.58. The van der Waals surface area contributed by atoms with Crippen LogP contribution in [0.15, 0.2) is 24.3 Å². The molecule has 22 heavy (non-hydrogen) atoms. The van der Waals surface area contributed by atoms with Crippen LogP contribution in [0.2, 0.25) is 5.02 Å². The molecule has 1 heterocycles. The molecule has 2 rings (SSSR count). The minimum Gasteiger partial charge on any atom is -0.198 e. The van der Waals surface area contributed by atoms with Gasteiger partial charge in [-0.25, -0.2) is 0 Å². The zero-order valence-corrected chi connectivity index (χ0v) is 14.3. The zero-order valence-electron chi connectivity index (χ0n) is 12.7. The predicted octanol–water partition coefficient (Wildman–Crippen LogP) is 2.81. The van der Waals surface area contributed by atoms with Crippen LogP contribution in [0.3, 0.4) is 0 Å². The number of halogens is 1. The van der Waals surface area contributed by atoms with E-state index in [1.54, 1.807) is 13.0 Å². The number of nitrogens with zero attached hydrogens (tertiary/aromatic N) is 3. The van der Waals surface area contributed by atoms with Gasteiger partial charge < -0.3 is 0 Å². The number of hydrogen-bond donors (Lipinski definition) is 0. The summed E-state index contributed by atoms with van der Waals surface area (Å²) in [6, 6.07) is 9.21. The van der Waals surface area contributed by atoms with E-state index in [9.17, 15) is 8.42 Å². The molecule has 0 aromatic heterocycles. The van der Waals surface area contributed by atoms with Crippen molar-refractivity contribution >= 4 is 21.8 Å². The first-order valence-electron chi connectivity index (χ1n) is 7.24. The number of hydrogen-bond acceptors (Lipinski definition) is 3. The van der Waals surface area contributed by atoms with Gasteiger partial charge in [0.1, 0.15) is 0 Å². The summed E-state index contributed by atoms with van der Waals surface area (Å²) in [7, 11) is -2.06. The third kappa shape index (κ3) is 3.61. The Labute approximate surface area is 137 Å². The zero-order chi connectivity index (χ0) is 16.3. The van der Waals surface area contributed by atoms with Gasteiger partial charge in [-0.15, -0.1) is 0 Å². The summed E-state index contributed by atoms with van der Waals surface area (Å²) >= 11 is 6.02. The third-order valence-corrected chi connectivity index (χ3v) is 6.08. The van der Waals surface area contributed by atoms with E-state index < -0.39 is 10.2 Å². The Kier molecular flexibility index (Phi) is 5.45. The van der Waals surface area contributed by atoms with Crippen molar-refractivity contribution in [3.05, 3.63) is 34.9 Å². The Morgan fingerprint density at radius 1 is 1.55 bits per heavy atom. The molecule has 1 aromatic carbocycles. The maximum absolute atomic E-state index is 12.8. The van der Waals surface area contributed by atoms with E-state index in [2.05, 4.69) is 6.07 Å². The second-order valence-corrected chi connectivity index (χ2v) is 8.07. The standard InChI is InChI=1S/C15H20ClN3O2S/c1-12(10-17)11-18(2)22(20,21)19-8-4-7-15(19)13-5-3-6-14(16)9-13/h3,5-6,9,12,15H,4,7-8,11H2,1-2H3/t12-,15-/m0/s1. The van der Waals surface area contributed by atoms with E-state index in [4.69, 9.17) is 16.9 Å². The van der Waals surface area contributed by atoms with Gasteiger partial charge >= 0.3 is 0 Å². The largest absolute Gasteiger partial charge is 0.282 e. The highest BCUT2D eigenvalue weighted by atomic mass is 35.5. The van der Waals surface area contributed by atoms with Gasteiger partial charge in [-0.1, -0.05) is 23.7 Å². The number of rotatable bonds is 5. The van der Waals surface area contributed by atoms with Crippen molar-refractivity contribution < 1.29 is 8.42 Å². The van der Waals surface area contributed by atoms with Crippen molar-refractivity contribution in [3.63, 3.8) is 0 Å². The van der Waals surface area contributed by atoms with Crippen molar-refractivity contribution in [1.29, 1.82) is 5.26 Å². The first kappa shape index (κ1) is 17.2. The van der Waals surface area contributed by atoms with E-state index >= 15 is 0 Å². The fourth-order valence-corrected chi connectivity index (χ4v) is 4.64. The van der Waals surface area contributed by atoms with Crippen molar-refractivity contribution in [1.82, 2.24) is 8.61 Å². The summed E-state index contributed by atoms with van der Waals surface area (Å²) in [5.41, 5.74) is 0.912.